The van der Waals surface area contributed by atoms with E-state index in [0.717, 1.165) is 10.9 Å². The summed E-state index contributed by atoms with van der Waals surface area (Å²) in [5.74, 6) is 1.28. The van der Waals surface area contributed by atoms with Crippen molar-refractivity contribution in [2.24, 2.45) is 0 Å². The Hall–Kier alpha value is -3.02. The van der Waals surface area contributed by atoms with Crippen molar-refractivity contribution in [2.45, 2.75) is 13.8 Å². The molecule has 0 saturated carbocycles. The molecule has 1 aromatic heterocycles. The molecule has 3 rings (SSSR count). The van der Waals surface area contributed by atoms with Crippen LogP contribution in [0.25, 0.3) is 10.9 Å². The molecule has 0 saturated heterocycles. The van der Waals surface area contributed by atoms with Gasteiger partial charge in [-0.1, -0.05) is 0 Å². The van der Waals surface area contributed by atoms with Crippen molar-refractivity contribution in [3.8, 4) is 17.2 Å². The summed E-state index contributed by atoms with van der Waals surface area (Å²) >= 11 is 0. The number of nitrogens with one attached hydrogen (secondary N) is 1. The summed E-state index contributed by atoms with van der Waals surface area (Å²) in [6, 6.07) is 7.47. The minimum absolute atomic E-state index is 0.0374. The molecule has 6 nitrogen and oxygen atoms in total. The lowest BCUT2D eigenvalue weighted by Crippen LogP contribution is -1.98. The first-order chi connectivity index (χ1) is 11.5. The van der Waals surface area contributed by atoms with Crippen LogP contribution in [0.2, 0.25) is 0 Å². The number of anilines is 2. The van der Waals surface area contributed by atoms with Gasteiger partial charge in [0.05, 0.1) is 19.7 Å². The lowest BCUT2D eigenvalue weighted by molar-refractivity contribution is 0.340. The van der Waals surface area contributed by atoms with Gasteiger partial charge in [0, 0.05) is 23.2 Å². The summed E-state index contributed by atoms with van der Waals surface area (Å²) in [4.78, 5) is 8.67. The molecule has 3 aromatic rings. The molecule has 24 heavy (non-hydrogen) atoms. The third kappa shape index (κ3) is 2.78. The molecule has 0 unspecified atom stereocenters. The number of ether oxygens (including phenoxy) is 2. The van der Waals surface area contributed by atoms with Gasteiger partial charge in [-0.05, 0) is 37.1 Å². The van der Waals surface area contributed by atoms with E-state index in [9.17, 15) is 5.11 Å². The summed E-state index contributed by atoms with van der Waals surface area (Å²) in [6.45, 7) is 4.11. The predicted octanol–water partition coefficient (Wildman–Crippen LogP) is 3.71. The van der Waals surface area contributed by atoms with E-state index in [1.165, 1.54) is 31.7 Å². The van der Waals surface area contributed by atoms with E-state index in [0.29, 0.717) is 23.0 Å². The van der Waals surface area contributed by atoms with Crippen molar-refractivity contribution in [1.82, 2.24) is 9.97 Å². The lowest BCUT2D eigenvalue weighted by atomic mass is 10.1. The third-order valence-corrected chi connectivity index (χ3v) is 3.99. The van der Waals surface area contributed by atoms with Gasteiger partial charge in [0.2, 0.25) is 5.75 Å². The van der Waals surface area contributed by atoms with E-state index < -0.39 is 0 Å². The molecule has 0 spiro atoms. The molecule has 1 heterocycles. The number of hydrogen-bond acceptors (Lipinski definition) is 6. The highest BCUT2D eigenvalue weighted by atomic mass is 16.5. The van der Waals surface area contributed by atoms with Crippen LogP contribution in [-0.2, 0) is 0 Å². The van der Waals surface area contributed by atoms with Gasteiger partial charge in [-0.2, -0.15) is 0 Å². The molecule has 0 aliphatic heterocycles. The minimum atomic E-state index is -0.0374. The number of rotatable bonds is 4. The van der Waals surface area contributed by atoms with Gasteiger partial charge in [-0.25, -0.2) is 9.97 Å². The van der Waals surface area contributed by atoms with E-state index in [2.05, 4.69) is 35.2 Å². The monoisotopic (exact) mass is 325 g/mol. The van der Waals surface area contributed by atoms with Gasteiger partial charge in [0.15, 0.2) is 11.5 Å². The number of benzene rings is 2. The van der Waals surface area contributed by atoms with Crippen LogP contribution in [-0.4, -0.2) is 29.3 Å². The fraction of sp³-hybridized carbons (Fsp3) is 0.222. The molecule has 0 amide bonds. The summed E-state index contributed by atoms with van der Waals surface area (Å²) in [5.41, 5.74) is 3.91. The highest BCUT2D eigenvalue weighted by Crippen LogP contribution is 2.40. The Balaban J connectivity index is 2.09. The van der Waals surface area contributed by atoms with Crippen LogP contribution in [0, 0.1) is 13.8 Å². The number of phenolic OH excluding ortho intramolecular Hbond substituents is 1. The average Bonchev–Trinajstić information content (AvgIpc) is 2.58. The standard InChI is InChI=1S/C18H19N3O3/c1-10-5-13-14(6-11(10)2)19-9-20-18(13)21-12-7-15(23-3)17(22)16(8-12)24-4/h5-9,22H,1-4H3,(H,19,20,21). The van der Waals surface area contributed by atoms with E-state index in [-0.39, 0.29) is 5.75 Å². The summed E-state index contributed by atoms with van der Waals surface area (Å²) in [5, 5.41) is 14.2. The van der Waals surface area contributed by atoms with Crippen molar-refractivity contribution in [3.05, 3.63) is 41.7 Å². The molecule has 0 aliphatic rings. The van der Waals surface area contributed by atoms with Gasteiger partial charge in [0.1, 0.15) is 12.1 Å². The van der Waals surface area contributed by atoms with Crippen molar-refractivity contribution in [3.63, 3.8) is 0 Å². The van der Waals surface area contributed by atoms with Gasteiger partial charge in [-0.15, -0.1) is 0 Å². The van der Waals surface area contributed by atoms with Gasteiger partial charge >= 0.3 is 0 Å². The average molecular weight is 325 g/mol. The number of nitrogens with zero attached hydrogens (tertiary/aromatic N) is 2. The van der Waals surface area contributed by atoms with Crippen molar-refractivity contribution >= 4 is 22.4 Å². The number of aromatic nitrogens is 2. The second-order valence-electron chi connectivity index (χ2n) is 5.53. The summed E-state index contributed by atoms with van der Waals surface area (Å²) in [7, 11) is 2.98. The molecule has 2 aromatic carbocycles. The van der Waals surface area contributed by atoms with Crippen LogP contribution in [0.5, 0.6) is 17.2 Å². The van der Waals surface area contributed by atoms with E-state index in [4.69, 9.17) is 9.47 Å². The lowest BCUT2D eigenvalue weighted by Gasteiger charge is -2.14. The maximum absolute atomic E-state index is 10.0. The Labute approximate surface area is 140 Å². The Morgan fingerprint density at radius 1 is 0.917 bits per heavy atom. The zero-order valence-electron chi connectivity index (χ0n) is 14.0. The van der Waals surface area contributed by atoms with Gasteiger partial charge in [0.25, 0.3) is 0 Å². The first kappa shape index (κ1) is 15.9. The highest BCUT2D eigenvalue weighted by Gasteiger charge is 2.13. The second kappa shape index (κ2) is 6.23. The molecule has 0 bridgehead atoms. The zero-order chi connectivity index (χ0) is 17.3. The molecule has 2 N–H and O–H groups in total. The fourth-order valence-corrected chi connectivity index (χ4v) is 2.52. The molecular formula is C18H19N3O3. The van der Waals surface area contributed by atoms with E-state index in [1.807, 2.05) is 6.07 Å². The van der Waals surface area contributed by atoms with Crippen molar-refractivity contribution in [2.75, 3.05) is 19.5 Å². The van der Waals surface area contributed by atoms with E-state index in [1.54, 1.807) is 12.1 Å². The van der Waals surface area contributed by atoms with Gasteiger partial charge in [-0.3, -0.25) is 0 Å². The van der Waals surface area contributed by atoms with Crippen molar-refractivity contribution in [1.29, 1.82) is 0 Å². The fourth-order valence-electron chi connectivity index (χ4n) is 2.52. The maximum atomic E-state index is 10.0. The van der Waals surface area contributed by atoms with Crippen LogP contribution in [0.1, 0.15) is 11.1 Å². The van der Waals surface area contributed by atoms with Gasteiger partial charge < -0.3 is 19.9 Å². The number of aryl methyl sites for hydroxylation is 2. The highest BCUT2D eigenvalue weighted by molar-refractivity contribution is 5.91. The first-order valence-corrected chi connectivity index (χ1v) is 7.47. The third-order valence-electron chi connectivity index (χ3n) is 3.99. The number of aromatic hydroxyl groups is 1. The SMILES string of the molecule is COc1cc(Nc2ncnc3cc(C)c(C)cc23)cc(OC)c1O. The minimum Gasteiger partial charge on any atom is -0.502 e. The zero-order valence-corrected chi connectivity index (χ0v) is 14.0. The number of phenols is 1. The Morgan fingerprint density at radius 3 is 2.17 bits per heavy atom. The summed E-state index contributed by atoms with van der Waals surface area (Å²) in [6.07, 6.45) is 1.52. The topological polar surface area (TPSA) is 76.5 Å². The molecule has 0 aliphatic carbocycles. The van der Waals surface area contributed by atoms with Crippen LogP contribution in [0.15, 0.2) is 30.6 Å². The molecule has 0 fully saturated rings. The largest absolute Gasteiger partial charge is 0.502 e. The van der Waals surface area contributed by atoms with Crippen LogP contribution in [0.4, 0.5) is 11.5 Å². The molecular weight excluding hydrogens is 306 g/mol. The van der Waals surface area contributed by atoms with Crippen LogP contribution in [0.3, 0.4) is 0 Å². The maximum Gasteiger partial charge on any atom is 0.200 e. The number of hydrogen-bond donors (Lipinski definition) is 2. The van der Waals surface area contributed by atoms with E-state index >= 15 is 0 Å². The molecule has 0 radical (unpaired) electrons. The van der Waals surface area contributed by atoms with Crippen molar-refractivity contribution < 1.29 is 14.6 Å². The Kier molecular flexibility index (Phi) is 4.12. The number of fused-ring (bicyclic) bond motifs is 1. The number of methoxy groups -OCH3 is 2. The quantitative estimate of drug-likeness (QED) is 0.712. The van der Waals surface area contributed by atoms with Crippen LogP contribution < -0.4 is 14.8 Å². The molecule has 6 heteroatoms. The normalized spacial score (nSPS) is 10.7. The summed E-state index contributed by atoms with van der Waals surface area (Å²) < 4.78 is 10.4. The molecule has 124 valence electrons. The second-order valence-corrected chi connectivity index (χ2v) is 5.53. The Morgan fingerprint density at radius 2 is 1.54 bits per heavy atom. The first-order valence-electron chi connectivity index (χ1n) is 7.47. The molecule has 0 atom stereocenters. The smallest absolute Gasteiger partial charge is 0.200 e. The van der Waals surface area contributed by atoms with Crippen LogP contribution >= 0.6 is 0 Å². The Bertz CT molecular complexity index is 884. The predicted molar refractivity (Wildman–Crippen MR) is 93.5 cm³/mol.